The summed E-state index contributed by atoms with van der Waals surface area (Å²) in [5.74, 6) is -0.677. The maximum atomic E-state index is 14.0. The van der Waals surface area contributed by atoms with Crippen LogP contribution in [0.15, 0.2) is 164 Å². The van der Waals surface area contributed by atoms with Crippen molar-refractivity contribution >= 4 is 43.6 Å². The number of aromatic nitrogens is 5. The summed E-state index contributed by atoms with van der Waals surface area (Å²) in [6.07, 6.45) is 0. The number of benzene rings is 7. The van der Waals surface area contributed by atoms with E-state index in [2.05, 4.69) is 117 Å². The van der Waals surface area contributed by atoms with E-state index in [0.29, 0.717) is 17.1 Å². The molecule has 0 fully saturated rings. The molecular formula is C44H27F2N5. The maximum Gasteiger partial charge on any atom is 0.123 e. The molecule has 0 atom stereocenters. The predicted molar refractivity (Wildman–Crippen MR) is 201 cm³/mol. The molecule has 5 nitrogen and oxygen atoms in total. The van der Waals surface area contributed by atoms with E-state index in [0.717, 1.165) is 44.6 Å². The van der Waals surface area contributed by atoms with Crippen molar-refractivity contribution in [1.82, 2.24) is 24.1 Å². The molecule has 0 saturated heterocycles. The standard InChI is InChI=1S/C44H27F2N5/c45-30-18-14-29(15-19-30)44-43(47-48-51(44)34-24-20-31(46)21-25-34)28-16-22-33(23-17-28)50-40-13-7-5-11-36(40)38-26-41-37(27-42(38)50)35-10-4-6-12-39(35)49(41)32-8-2-1-3-9-32/h1-27H. The Labute approximate surface area is 290 Å². The highest BCUT2D eigenvalue weighted by molar-refractivity contribution is 6.19. The van der Waals surface area contributed by atoms with Gasteiger partial charge in [0.25, 0.3) is 0 Å². The molecule has 0 unspecified atom stereocenters. The lowest BCUT2D eigenvalue weighted by molar-refractivity contribution is 0.626. The summed E-state index contributed by atoms with van der Waals surface area (Å²) >= 11 is 0. The summed E-state index contributed by atoms with van der Waals surface area (Å²) < 4.78 is 34.1. The van der Waals surface area contributed by atoms with Gasteiger partial charge in [-0.05, 0) is 97.1 Å². The van der Waals surface area contributed by atoms with Gasteiger partial charge in [-0.3, -0.25) is 0 Å². The van der Waals surface area contributed by atoms with Crippen molar-refractivity contribution in [3.05, 3.63) is 175 Å². The number of para-hydroxylation sites is 3. The molecule has 0 radical (unpaired) electrons. The van der Waals surface area contributed by atoms with E-state index in [1.54, 1.807) is 28.9 Å². The third kappa shape index (κ3) is 4.59. The highest BCUT2D eigenvalue weighted by Crippen LogP contribution is 2.40. The predicted octanol–water partition coefficient (Wildman–Crippen LogP) is 11.1. The minimum absolute atomic E-state index is 0.335. The van der Waals surface area contributed by atoms with Gasteiger partial charge in [-0.2, -0.15) is 0 Å². The Hall–Kier alpha value is -6.86. The molecule has 0 spiro atoms. The first-order chi connectivity index (χ1) is 25.1. The Balaban J connectivity index is 1.16. The lowest BCUT2D eigenvalue weighted by atomic mass is 10.0. The molecule has 0 bridgehead atoms. The molecule has 7 aromatic carbocycles. The summed E-state index contributed by atoms with van der Waals surface area (Å²) in [5, 5.41) is 13.8. The number of halogens is 2. The quantitative estimate of drug-likeness (QED) is 0.184. The first-order valence-corrected chi connectivity index (χ1v) is 16.7. The van der Waals surface area contributed by atoms with Gasteiger partial charge in [0.15, 0.2) is 0 Å². The van der Waals surface area contributed by atoms with Crippen LogP contribution in [0.5, 0.6) is 0 Å². The average Bonchev–Trinajstić information content (AvgIpc) is 3.85. The highest BCUT2D eigenvalue weighted by atomic mass is 19.1. The average molecular weight is 664 g/mol. The fourth-order valence-electron chi connectivity index (χ4n) is 7.44. The Kier molecular flexibility index (Phi) is 6.48. The smallest absolute Gasteiger partial charge is 0.123 e. The Morgan fingerprint density at radius 3 is 1.45 bits per heavy atom. The van der Waals surface area contributed by atoms with E-state index in [9.17, 15) is 8.78 Å². The van der Waals surface area contributed by atoms with Crippen LogP contribution in [0.1, 0.15) is 0 Å². The monoisotopic (exact) mass is 663 g/mol. The summed E-state index contributed by atoms with van der Waals surface area (Å²) in [6, 6.07) is 52.9. The van der Waals surface area contributed by atoms with Gasteiger partial charge in [0, 0.05) is 44.0 Å². The summed E-state index contributed by atoms with van der Waals surface area (Å²) in [4.78, 5) is 0. The molecule has 3 aromatic heterocycles. The number of nitrogens with zero attached hydrogens (tertiary/aromatic N) is 5. The van der Waals surface area contributed by atoms with Crippen molar-refractivity contribution in [2.75, 3.05) is 0 Å². The van der Waals surface area contributed by atoms with Gasteiger partial charge in [-0.1, -0.05) is 71.9 Å². The Bertz CT molecular complexity index is 2900. The van der Waals surface area contributed by atoms with Crippen LogP contribution in [0, 0.1) is 11.6 Å². The van der Waals surface area contributed by atoms with Crippen LogP contribution in [0.4, 0.5) is 8.78 Å². The van der Waals surface area contributed by atoms with Gasteiger partial charge in [0.2, 0.25) is 0 Å². The zero-order chi connectivity index (χ0) is 34.1. The van der Waals surface area contributed by atoms with Gasteiger partial charge in [0.05, 0.1) is 27.8 Å². The van der Waals surface area contributed by atoms with Crippen LogP contribution in [0.3, 0.4) is 0 Å². The van der Waals surface area contributed by atoms with Crippen molar-refractivity contribution in [2.45, 2.75) is 0 Å². The molecule has 0 saturated carbocycles. The molecule has 0 aliphatic rings. The minimum atomic E-state index is -0.342. The molecule has 10 rings (SSSR count). The number of hydrogen-bond donors (Lipinski definition) is 0. The molecule has 0 aliphatic carbocycles. The molecule has 10 aromatic rings. The van der Waals surface area contributed by atoms with Gasteiger partial charge in [0.1, 0.15) is 23.0 Å². The Morgan fingerprint density at radius 2 is 0.863 bits per heavy atom. The third-order valence-electron chi connectivity index (χ3n) is 9.74. The largest absolute Gasteiger partial charge is 0.309 e. The van der Waals surface area contributed by atoms with Crippen LogP contribution < -0.4 is 0 Å². The molecule has 7 heteroatoms. The van der Waals surface area contributed by atoms with Crippen LogP contribution >= 0.6 is 0 Å². The second-order valence-electron chi connectivity index (χ2n) is 12.7. The topological polar surface area (TPSA) is 40.6 Å². The van der Waals surface area contributed by atoms with Gasteiger partial charge >= 0.3 is 0 Å². The minimum Gasteiger partial charge on any atom is -0.309 e. The van der Waals surface area contributed by atoms with Crippen LogP contribution in [0.2, 0.25) is 0 Å². The second-order valence-corrected chi connectivity index (χ2v) is 12.7. The van der Waals surface area contributed by atoms with E-state index in [-0.39, 0.29) is 11.6 Å². The fourth-order valence-corrected chi connectivity index (χ4v) is 7.44. The number of rotatable bonds is 5. The van der Waals surface area contributed by atoms with Crippen molar-refractivity contribution < 1.29 is 8.78 Å². The lowest BCUT2D eigenvalue weighted by Gasteiger charge is -2.11. The van der Waals surface area contributed by atoms with E-state index in [1.165, 1.54) is 45.8 Å². The Morgan fingerprint density at radius 1 is 0.392 bits per heavy atom. The van der Waals surface area contributed by atoms with Gasteiger partial charge in [-0.15, -0.1) is 5.10 Å². The van der Waals surface area contributed by atoms with Crippen LogP contribution in [-0.4, -0.2) is 24.1 Å². The first kappa shape index (κ1) is 29.1. The van der Waals surface area contributed by atoms with E-state index in [1.807, 2.05) is 18.2 Å². The molecule has 0 amide bonds. The normalized spacial score (nSPS) is 11.7. The van der Waals surface area contributed by atoms with Crippen LogP contribution in [-0.2, 0) is 0 Å². The first-order valence-electron chi connectivity index (χ1n) is 16.7. The zero-order valence-electron chi connectivity index (χ0n) is 27.1. The molecule has 51 heavy (non-hydrogen) atoms. The van der Waals surface area contributed by atoms with Crippen molar-refractivity contribution in [2.24, 2.45) is 0 Å². The molecule has 3 heterocycles. The third-order valence-corrected chi connectivity index (χ3v) is 9.74. The number of fused-ring (bicyclic) bond motifs is 6. The molecular weight excluding hydrogens is 637 g/mol. The van der Waals surface area contributed by atoms with Crippen molar-refractivity contribution in [1.29, 1.82) is 0 Å². The highest BCUT2D eigenvalue weighted by Gasteiger charge is 2.21. The second kappa shape index (κ2) is 11.4. The van der Waals surface area contributed by atoms with E-state index >= 15 is 0 Å². The summed E-state index contributed by atoms with van der Waals surface area (Å²) in [7, 11) is 0. The lowest BCUT2D eigenvalue weighted by Crippen LogP contribution is -2.00. The van der Waals surface area contributed by atoms with E-state index < -0.39 is 0 Å². The molecule has 0 N–H and O–H groups in total. The zero-order valence-corrected chi connectivity index (χ0v) is 27.1. The number of hydrogen-bond acceptors (Lipinski definition) is 2. The SMILES string of the molecule is Fc1ccc(-c2c(-c3ccc(-n4c5ccccc5c5cc6c(cc54)c4ccccc4n6-c4ccccc4)cc3)nnn2-c2ccc(F)cc2)cc1. The maximum absolute atomic E-state index is 14.0. The summed E-state index contributed by atoms with van der Waals surface area (Å²) in [6.45, 7) is 0. The van der Waals surface area contributed by atoms with E-state index in [4.69, 9.17) is 0 Å². The van der Waals surface area contributed by atoms with Crippen molar-refractivity contribution in [3.8, 4) is 39.6 Å². The molecule has 242 valence electrons. The van der Waals surface area contributed by atoms with Crippen molar-refractivity contribution in [3.63, 3.8) is 0 Å². The van der Waals surface area contributed by atoms with Gasteiger partial charge < -0.3 is 9.13 Å². The van der Waals surface area contributed by atoms with Crippen LogP contribution in [0.25, 0.3) is 83.2 Å². The fraction of sp³-hybridized carbons (Fsp3) is 0. The summed E-state index contributed by atoms with van der Waals surface area (Å²) in [5.41, 5.74) is 10.2. The van der Waals surface area contributed by atoms with Gasteiger partial charge in [-0.25, -0.2) is 13.5 Å². The molecule has 0 aliphatic heterocycles.